The second-order valence-corrected chi connectivity index (χ2v) is 3.68. The summed E-state index contributed by atoms with van der Waals surface area (Å²) in [7, 11) is 0. The molecular formula is C9H14N8. The summed E-state index contributed by atoms with van der Waals surface area (Å²) in [6.07, 6.45) is 3.39. The molecule has 0 atom stereocenters. The highest BCUT2D eigenvalue weighted by Gasteiger charge is 2.08. The van der Waals surface area contributed by atoms with Crippen LogP contribution in [0, 0.1) is 0 Å². The van der Waals surface area contributed by atoms with Crippen LogP contribution in [0.2, 0.25) is 0 Å². The van der Waals surface area contributed by atoms with E-state index in [0.29, 0.717) is 11.9 Å². The van der Waals surface area contributed by atoms with Gasteiger partial charge in [-0.1, -0.05) is 0 Å². The topological polar surface area (TPSA) is 107 Å². The van der Waals surface area contributed by atoms with Crippen LogP contribution in [0.4, 0.5) is 11.9 Å². The molecule has 0 aliphatic heterocycles. The van der Waals surface area contributed by atoms with Crippen LogP contribution >= 0.6 is 0 Å². The molecule has 0 saturated heterocycles. The van der Waals surface area contributed by atoms with Crippen LogP contribution in [0.1, 0.15) is 13.8 Å². The minimum absolute atomic E-state index is 0.216. The zero-order chi connectivity index (χ0) is 12.3. The first-order chi connectivity index (χ1) is 8.19. The van der Waals surface area contributed by atoms with E-state index in [-0.39, 0.29) is 12.0 Å². The summed E-state index contributed by atoms with van der Waals surface area (Å²) in [5.74, 6) is 6.45. The molecule has 0 radical (unpaired) electrons. The van der Waals surface area contributed by atoms with E-state index in [1.807, 2.05) is 13.8 Å². The van der Waals surface area contributed by atoms with Gasteiger partial charge in [0.05, 0.1) is 0 Å². The molecule has 8 heteroatoms. The number of rotatable bonds is 4. The Hall–Kier alpha value is -2.22. The number of hydrazine groups is 1. The van der Waals surface area contributed by atoms with E-state index < -0.39 is 0 Å². The third kappa shape index (κ3) is 2.67. The fraction of sp³-hybridized carbons (Fsp3) is 0.333. The molecule has 2 aromatic rings. The van der Waals surface area contributed by atoms with E-state index in [2.05, 4.69) is 30.8 Å². The Kier molecular flexibility index (Phi) is 3.15. The molecule has 0 amide bonds. The highest BCUT2D eigenvalue weighted by molar-refractivity contribution is 5.37. The molecule has 0 unspecified atom stereocenters. The van der Waals surface area contributed by atoms with E-state index in [4.69, 9.17) is 5.84 Å². The maximum absolute atomic E-state index is 5.31. The van der Waals surface area contributed by atoms with Gasteiger partial charge in [0.15, 0.2) is 0 Å². The molecule has 0 aliphatic rings. The van der Waals surface area contributed by atoms with E-state index in [0.717, 1.165) is 0 Å². The predicted octanol–water partition coefficient (Wildman–Crippen LogP) is 0.163. The lowest BCUT2D eigenvalue weighted by molar-refractivity contribution is 0.786. The van der Waals surface area contributed by atoms with E-state index in [9.17, 15) is 0 Å². The fourth-order valence-corrected chi connectivity index (χ4v) is 1.24. The number of nitrogen functional groups attached to an aromatic ring is 1. The van der Waals surface area contributed by atoms with Gasteiger partial charge in [0.25, 0.3) is 5.95 Å². The predicted molar refractivity (Wildman–Crippen MR) is 63.5 cm³/mol. The summed E-state index contributed by atoms with van der Waals surface area (Å²) in [5, 5.41) is 7.13. The summed E-state index contributed by atoms with van der Waals surface area (Å²) in [5.41, 5.74) is 2.40. The molecule has 4 N–H and O–H groups in total. The van der Waals surface area contributed by atoms with Crippen molar-refractivity contribution in [3.8, 4) is 5.95 Å². The number of nitrogens with zero attached hydrogens (tertiary/aromatic N) is 5. The SMILES string of the molecule is CC(C)Nc1nc(NN)nc(-n2cccn2)n1. The molecule has 2 rings (SSSR count). The van der Waals surface area contributed by atoms with Crippen LogP contribution in [0.15, 0.2) is 18.5 Å². The van der Waals surface area contributed by atoms with Crippen LogP contribution in [0.5, 0.6) is 0 Å². The van der Waals surface area contributed by atoms with Crippen LogP contribution in [0.3, 0.4) is 0 Å². The average Bonchev–Trinajstić information content (AvgIpc) is 2.81. The second-order valence-electron chi connectivity index (χ2n) is 3.68. The molecule has 0 spiro atoms. The summed E-state index contributed by atoms with van der Waals surface area (Å²) < 4.78 is 1.54. The van der Waals surface area contributed by atoms with Gasteiger partial charge in [-0.3, -0.25) is 5.43 Å². The number of anilines is 2. The van der Waals surface area contributed by atoms with Crippen molar-refractivity contribution in [3.05, 3.63) is 18.5 Å². The van der Waals surface area contributed by atoms with Gasteiger partial charge in [-0.25, -0.2) is 10.5 Å². The average molecular weight is 234 g/mol. The van der Waals surface area contributed by atoms with Gasteiger partial charge in [0, 0.05) is 18.4 Å². The van der Waals surface area contributed by atoms with Gasteiger partial charge in [-0.2, -0.15) is 20.1 Å². The van der Waals surface area contributed by atoms with Crippen molar-refractivity contribution in [2.24, 2.45) is 5.84 Å². The Balaban J connectivity index is 2.38. The first-order valence-electron chi connectivity index (χ1n) is 5.18. The molecular weight excluding hydrogens is 220 g/mol. The number of nitrogens with two attached hydrogens (primary N) is 1. The minimum Gasteiger partial charge on any atom is -0.352 e. The molecule has 0 saturated carbocycles. The molecule has 90 valence electrons. The molecule has 0 bridgehead atoms. The van der Waals surface area contributed by atoms with Gasteiger partial charge in [0.1, 0.15) is 0 Å². The third-order valence-electron chi connectivity index (χ3n) is 1.88. The molecule has 0 aliphatic carbocycles. The van der Waals surface area contributed by atoms with Gasteiger partial charge < -0.3 is 5.32 Å². The molecule has 8 nitrogen and oxygen atoms in total. The zero-order valence-corrected chi connectivity index (χ0v) is 9.62. The summed E-state index contributed by atoms with van der Waals surface area (Å²) >= 11 is 0. The standard InChI is InChI=1S/C9H14N8/c1-6(2)12-7-13-8(16-10)15-9(14-7)17-5-3-4-11-17/h3-6H,10H2,1-2H3,(H2,12,13,14,15,16). The summed E-state index contributed by atoms with van der Waals surface area (Å²) in [6.45, 7) is 3.99. The Morgan fingerprint density at radius 1 is 1.24 bits per heavy atom. The van der Waals surface area contributed by atoms with Gasteiger partial charge in [-0.05, 0) is 19.9 Å². The molecule has 2 heterocycles. The third-order valence-corrected chi connectivity index (χ3v) is 1.88. The van der Waals surface area contributed by atoms with E-state index in [1.165, 1.54) is 4.68 Å². The summed E-state index contributed by atoms with van der Waals surface area (Å²) in [4.78, 5) is 12.4. The lowest BCUT2D eigenvalue weighted by Gasteiger charge is -2.10. The van der Waals surface area contributed by atoms with Crippen LogP contribution in [-0.4, -0.2) is 30.8 Å². The number of hydrogen-bond acceptors (Lipinski definition) is 7. The molecule has 0 fully saturated rings. The van der Waals surface area contributed by atoms with Crippen molar-refractivity contribution in [1.82, 2.24) is 24.7 Å². The highest BCUT2D eigenvalue weighted by atomic mass is 15.4. The van der Waals surface area contributed by atoms with Crippen molar-refractivity contribution < 1.29 is 0 Å². The quantitative estimate of drug-likeness (QED) is 0.511. The fourth-order valence-electron chi connectivity index (χ4n) is 1.24. The maximum atomic E-state index is 5.31. The zero-order valence-electron chi connectivity index (χ0n) is 9.62. The Morgan fingerprint density at radius 2 is 2.00 bits per heavy atom. The van der Waals surface area contributed by atoms with Crippen molar-refractivity contribution in [1.29, 1.82) is 0 Å². The Labute approximate surface area is 98.3 Å². The van der Waals surface area contributed by atoms with Crippen LogP contribution < -0.4 is 16.6 Å². The first kappa shape index (κ1) is 11.3. The van der Waals surface area contributed by atoms with Gasteiger partial charge >= 0.3 is 0 Å². The van der Waals surface area contributed by atoms with Crippen molar-refractivity contribution in [3.63, 3.8) is 0 Å². The lowest BCUT2D eigenvalue weighted by Crippen LogP contribution is -2.18. The molecule has 0 aromatic carbocycles. The van der Waals surface area contributed by atoms with Crippen molar-refractivity contribution >= 4 is 11.9 Å². The largest absolute Gasteiger partial charge is 0.352 e. The smallest absolute Gasteiger partial charge is 0.257 e. The Bertz CT molecular complexity index is 478. The van der Waals surface area contributed by atoms with Crippen molar-refractivity contribution in [2.75, 3.05) is 10.7 Å². The van der Waals surface area contributed by atoms with Gasteiger partial charge in [-0.15, -0.1) is 0 Å². The highest BCUT2D eigenvalue weighted by Crippen LogP contribution is 2.08. The number of aromatic nitrogens is 5. The van der Waals surface area contributed by atoms with Crippen molar-refractivity contribution in [2.45, 2.75) is 19.9 Å². The Morgan fingerprint density at radius 3 is 2.59 bits per heavy atom. The lowest BCUT2D eigenvalue weighted by atomic mass is 10.4. The maximum Gasteiger partial charge on any atom is 0.257 e. The first-order valence-corrected chi connectivity index (χ1v) is 5.18. The number of nitrogens with one attached hydrogen (secondary N) is 2. The number of hydrogen-bond donors (Lipinski definition) is 3. The second kappa shape index (κ2) is 4.74. The minimum atomic E-state index is 0.216. The summed E-state index contributed by atoms with van der Waals surface area (Å²) in [6, 6.07) is 2.00. The monoisotopic (exact) mass is 234 g/mol. The molecule has 17 heavy (non-hydrogen) atoms. The van der Waals surface area contributed by atoms with E-state index in [1.54, 1.807) is 18.5 Å². The van der Waals surface area contributed by atoms with E-state index >= 15 is 0 Å². The van der Waals surface area contributed by atoms with Crippen LogP contribution in [-0.2, 0) is 0 Å². The molecule has 2 aromatic heterocycles. The van der Waals surface area contributed by atoms with Gasteiger partial charge in [0.2, 0.25) is 11.9 Å². The normalized spacial score (nSPS) is 10.6. The van der Waals surface area contributed by atoms with Crippen LogP contribution in [0.25, 0.3) is 5.95 Å².